The van der Waals surface area contributed by atoms with Crippen molar-refractivity contribution in [3.05, 3.63) is 0 Å². The number of alkyl halides is 4. The Morgan fingerprint density at radius 2 is 1.93 bits per heavy atom. The van der Waals surface area contributed by atoms with Crippen molar-refractivity contribution >= 4 is 5.97 Å². The number of carboxylic acid groups (broad SMARTS) is 1. The van der Waals surface area contributed by atoms with Crippen LogP contribution in [0.5, 0.6) is 0 Å². The first-order valence-corrected chi connectivity index (χ1v) is 3.90. The van der Waals surface area contributed by atoms with Gasteiger partial charge < -0.3 is 15.2 Å². The zero-order valence-corrected chi connectivity index (χ0v) is 7.90. The van der Waals surface area contributed by atoms with Crippen molar-refractivity contribution in [3.8, 4) is 0 Å². The van der Waals surface area contributed by atoms with Crippen LogP contribution in [0.3, 0.4) is 0 Å². The van der Waals surface area contributed by atoms with Crippen LogP contribution in [0, 0.1) is 0 Å². The fourth-order valence-corrected chi connectivity index (χ4v) is 0.757. The molecule has 0 aromatic carbocycles. The molecule has 0 unspecified atom stereocenters. The van der Waals surface area contributed by atoms with Crippen LogP contribution >= 0.6 is 0 Å². The first kappa shape index (κ1) is 14.1. The molecule has 90 valence electrons. The maximum absolute atomic E-state index is 12.7. The van der Waals surface area contributed by atoms with E-state index in [0.29, 0.717) is 13.1 Å². The molecule has 1 saturated heterocycles. The van der Waals surface area contributed by atoms with Gasteiger partial charge in [-0.15, -0.1) is 0 Å². The summed E-state index contributed by atoms with van der Waals surface area (Å²) in [6.45, 7) is 1.11. The number of carboxylic acids is 1. The number of carbonyl (C=O) groups is 1. The highest BCUT2D eigenvalue weighted by molar-refractivity contribution is 5.73. The molecule has 1 aliphatic heterocycles. The predicted molar refractivity (Wildman–Crippen MR) is 42.3 cm³/mol. The smallest absolute Gasteiger partial charge is 0.475 e. The molecule has 8 heteroatoms. The van der Waals surface area contributed by atoms with Gasteiger partial charge in [0.15, 0.2) is 5.67 Å². The van der Waals surface area contributed by atoms with E-state index < -0.39 is 17.8 Å². The monoisotopic (exact) mass is 233 g/mol. The van der Waals surface area contributed by atoms with Crippen molar-refractivity contribution in [2.75, 3.05) is 26.8 Å². The Labute approximate surface area is 83.2 Å². The SMILES string of the molecule is COCC1(F)CNC1.O=C(O)C(F)(F)F. The summed E-state index contributed by atoms with van der Waals surface area (Å²) >= 11 is 0. The molecule has 0 aliphatic carbocycles. The predicted octanol–water partition coefficient (Wildman–Crippen LogP) is 0.578. The summed E-state index contributed by atoms with van der Waals surface area (Å²) in [7, 11) is 1.51. The van der Waals surface area contributed by atoms with Gasteiger partial charge in [-0.1, -0.05) is 0 Å². The van der Waals surface area contributed by atoms with E-state index in [1.807, 2.05) is 0 Å². The lowest BCUT2D eigenvalue weighted by Crippen LogP contribution is -2.58. The van der Waals surface area contributed by atoms with Gasteiger partial charge in [-0.2, -0.15) is 13.2 Å². The average molecular weight is 233 g/mol. The Kier molecular flexibility index (Phi) is 4.95. The maximum Gasteiger partial charge on any atom is 0.490 e. The van der Waals surface area contributed by atoms with Crippen LogP contribution in [0.25, 0.3) is 0 Å². The van der Waals surface area contributed by atoms with Crippen molar-refractivity contribution in [1.29, 1.82) is 0 Å². The van der Waals surface area contributed by atoms with Crippen LogP contribution in [-0.4, -0.2) is 49.7 Å². The van der Waals surface area contributed by atoms with Crippen molar-refractivity contribution in [2.45, 2.75) is 11.8 Å². The van der Waals surface area contributed by atoms with Crippen molar-refractivity contribution in [3.63, 3.8) is 0 Å². The number of nitrogens with one attached hydrogen (secondary N) is 1. The van der Waals surface area contributed by atoms with Gasteiger partial charge in [0.05, 0.1) is 6.61 Å². The topological polar surface area (TPSA) is 58.6 Å². The summed E-state index contributed by atoms with van der Waals surface area (Å²) in [4.78, 5) is 8.90. The third kappa shape index (κ3) is 5.53. The van der Waals surface area contributed by atoms with Gasteiger partial charge in [-0.05, 0) is 0 Å². The Bertz CT molecular complexity index is 215. The third-order valence-electron chi connectivity index (χ3n) is 1.53. The lowest BCUT2D eigenvalue weighted by atomic mass is 10.0. The highest BCUT2D eigenvalue weighted by atomic mass is 19.4. The molecule has 0 saturated carbocycles. The van der Waals surface area contributed by atoms with Crippen molar-refractivity contribution in [2.24, 2.45) is 0 Å². The molecule has 1 aliphatic rings. The zero-order chi connectivity index (χ0) is 12.1. The molecule has 15 heavy (non-hydrogen) atoms. The van der Waals surface area contributed by atoms with Crippen molar-refractivity contribution < 1.29 is 32.2 Å². The third-order valence-corrected chi connectivity index (χ3v) is 1.53. The molecule has 1 heterocycles. The summed E-state index contributed by atoms with van der Waals surface area (Å²) in [5.74, 6) is -2.76. The number of halogens is 4. The number of ether oxygens (including phenoxy) is 1. The van der Waals surface area contributed by atoms with Crippen LogP contribution in [0.4, 0.5) is 17.6 Å². The fourth-order valence-electron chi connectivity index (χ4n) is 0.757. The van der Waals surface area contributed by atoms with Crippen LogP contribution in [0.15, 0.2) is 0 Å². The summed E-state index contributed by atoms with van der Waals surface area (Å²) < 4.78 is 49.1. The lowest BCUT2D eigenvalue weighted by Gasteiger charge is -2.33. The Hall–Kier alpha value is -0.890. The quantitative estimate of drug-likeness (QED) is 0.685. The summed E-state index contributed by atoms with van der Waals surface area (Å²) in [5.41, 5.74) is -1.06. The fraction of sp³-hybridized carbons (Fsp3) is 0.857. The number of rotatable bonds is 2. The largest absolute Gasteiger partial charge is 0.490 e. The highest BCUT2D eigenvalue weighted by Crippen LogP contribution is 2.15. The standard InChI is InChI=1S/C5H10FNO.C2HF3O2/c1-8-4-5(6)2-7-3-5;3-2(4,5)1(6)7/h7H,2-4H2,1H3;(H,6,7). The van der Waals surface area contributed by atoms with E-state index in [0.717, 1.165) is 0 Å². The molecule has 1 fully saturated rings. The Morgan fingerprint density at radius 1 is 1.53 bits per heavy atom. The average Bonchev–Trinajstić information content (AvgIpc) is 2.01. The maximum atomic E-state index is 12.7. The van der Waals surface area contributed by atoms with Gasteiger partial charge in [-0.3, -0.25) is 0 Å². The first-order valence-electron chi connectivity index (χ1n) is 3.90. The molecule has 0 spiro atoms. The van der Waals surface area contributed by atoms with Gasteiger partial charge in [0.25, 0.3) is 0 Å². The Balaban J connectivity index is 0.000000265. The number of methoxy groups -OCH3 is 1. The molecule has 0 radical (unpaired) electrons. The normalized spacial score (nSPS) is 18.5. The second-order valence-corrected chi connectivity index (χ2v) is 2.99. The zero-order valence-electron chi connectivity index (χ0n) is 7.90. The van der Waals surface area contributed by atoms with Gasteiger partial charge in [0, 0.05) is 20.2 Å². The van der Waals surface area contributed by atoms with E-state index in [1.165, 1.54) is 7.11 Å². The minimum atomic E-state index is -5.08. The highest BCUT2D eigenvalue weighted by Gasteiger charge is 2.38. The second-order valence-electron chi connectivity index (χ2n) is 2.99. The summed E-state index contributed by atoms with van der Waals surface area (Å²) in [5, 5.41) is 9.96. The molecular weight excluding hydrogens is 222 g/mol. The number of hydrogen-bond acceptors (Lipinski definition) is 3. The molecule has 0 aromatic heterocycles. The van der Waals surface area contributed by atoms with E-state index >= 15 is 0 Å². The second kappa shape index (κ2) is 5.26. The molecule has 4 nitrogen and oxygen atoms in total. The lowest BCUT2D eigenvalue weighted by molar-refractivity contribution is -0.192. The van der Waals surface area contributed by atoms with Crippen LogP contribution in [-0.2, 0) is 9.53 Å². The molecule has 0 atom stereocenters. The van der Waals surface area contributed by atoms with E-state index in [1.54, 1.807) is 0 Å². The minimum Gasteiger partial charge on any atom is -0.475 e. The van der Waals surface area contributed by atoms with E-state index in [2.05, 4.69) is 10.1 Å². The van der Waals surface area contributed by atoms with E-state index in [9.17, 15) is 17.6 Å². The molecule has 0 bridgehead atoms. The van der Waals surface area contributed by atoms with Gasteiger partial charge in [-0.25, -0.2) is 9.18 Å². The van der Waals surface area contributed by atoms with E-state index in [4.69, 9.17) is 9.90 Å². The first-order chi connectivity index (χ1) is 6.71. The number of aliphatic carboxylic acids is 1. The minimum absolute atomic E-state index is 0.222. The molecule has 1 rings (SSSR count). The van der Waals surface area contributed by atoms with Crippen LogP contribution in [0.2, 0.25) is 0 Å². The molecule has 0 aromatic rings. The Morgan fingerprint density at radius 3 is 2.00 bits per heavy atom. The van der Waals surface area contributed by atoms with E-state index in [-0.39, 0.29) is 6.61 Å². The summed E-state index contributed by atoms with van der Waals surface area (Å²) in [6, 6.07) is 0. The molecule has 0 amide bonds. The van der Waals surface area contributed by atoms with Gasteiger partial charge in [0.2, 0.25) is 0 Å². The van der Waals surface area contributed by atoms with Crippen LogP contribution in [0.1, 0.15) is 0 Å². The van der Waals surface area contributed by atoms with Gasteiger partial charge in [0.1, 0.15) is 0 Å². The summed E-state index contributed by atoms with van der Waals surface area (Å²) in [6.07, 6.45) is -5.08. The molecular formula is C7H11F4NO3. The molecule has 2 N–H and O–H groups in total. The van der Waals surface area contributed by atoms with Crippen LogP contribution < -0.4 is 5.32 Å². The van der Waals surface area contributed by atoms with Gasteiger partial charge >= 0.3 is 12.1 Å². The van der Waals surface area contributed by atoms with Crippen molar-refractivity contribution in [1.82, 2.24) is 5.32 Å². The number of hydrogen-bond donors (Lipinski definition) is 2.